The van der Waals surface area contributed by atoms with Crippen LogP contribution in [0.5, 0.6) is 5.75 Å². The first kappa shape index (κ1) is 12.1. The Morgan fingerprint density at radius 1 is 1.53 bits per heavy atom. The minimum absolute atomic E-state index is 0.145. The van der Waals surface area contributed by atoms with Crippen molar-refractivity contribution in [3.05, 3.63) is 29.5 Å². The van der Waals surface area contributed by atoms with Gasteiger partial charge >= 0.3 is 5.97 Å². The summed E-state index contributed by atoms with van der Waals surface area (Å²) in [7, 11) is 3.41. The highest BCUT2D eigenvalue weighted by Gasteiger charge is 2.27. The average Bonchev–Trinajstić information content (AvgIpc) is 2.76. The topological polar surface area (TPSA) is 64.3 Å². The minimum atomic E-state index is -0.977. The number of carboxylic acids is 1. The number of methoxy groups -OCH3 is 1. The van der Waals surface area contributed by atoms with Crippen LogP contribution >= 0.6 is 11.8 Å². The van der Waals surface area contributed by atoms with Gasteiger partial charge in [0.1, 0.15) is 5.75 Å². The molecule has 0 fully saturated rings. The van der Waals surface area contributed by atoms with E-state index in [1.54, 1.807) is 30.6 Å². The smallest absolute Gasteiger partial charge is 0.356 e. The number of fused-ring (bicyclic) bond motifs is 3. The summed E-state index contributed by atoms with van der Waals surface area (Å²) in [5, 5.41) is 13.3. The Labute approximate surface area is 114 Å². The van der Waals surface area contributed by atoms with Crippen LogP contribution in [0.1, 0.15) is 16.1 Å². The lowest BCUT2D eigenvalue weighted by atomic mass is 10.1. The zero-order chi connectivity index (χ0) is 13.6. The van der Waals surface area contributed by atoms with Crippen molar-refractivity contribution in [2.75, 3.05) is 7.11 Å². The molecule has 1 aliphatic rings. The van der Waals surface area contributed by atoms with Crippen LogP contribution in [-0.2, 0) is 12.8 Å². The standard InChI is InChI=1S/C13H12N2O3S/c1-15-12-8-4-3-7(18-2)5-10(8)19-6-9(12)11(14-15)13(16)17/h3-5H,6H2,1-2H3,(H,16,17). The molecule has 0 bridgehead atoms. The summed E-state index contributed by atoms with van der Waals surface area (Å²) in [6.45, 7) is 0. The Hall–Kier alpha value is -1.95. The van der Waals surface area contributed by atoms with E-state index < -0.39 is 5.97 Å². The second kappa shape index (κ2) is 4.31. The molecule has 0 unspecified atom stereocenters. The number of aromatic carboxylic acids is 1. The van der Waals surface area contributed by atoms with Crippen LogP contribution in [0, 0.1) is 0 Å². The maximum atomic E-state index is 11.2. The van der Waals surface area contributed by atoms with Crippen molar-refractivity contribution in [2.45, 2.75) is 10.6 Å². The molecule has 1 aromatic heterocycles. The molecule has 98 valence electrons. The Kier molecular flexibility index (Phi) is 2.74. The van der Waals surface area contributed by atoms with Crippen molar-refractivity contribution in [1.29, 1.82) is 0 Å². The van der Waals surface area contributed by atoms with Crippen LogP contribution < -0.4 is 4.74 Å². The molecule has 3 rings (SSSR count). The first-order valence-electron chi connectivity index (χ1n) is 5.72. The lowest BCUT2D eigenvalue weighted by Crippen LogP contribution is -2.03. The van der Waals surface area contributed by atoms with Crippen LogP contribution in [0.3, 0.4) is 0 Å². The molecule has 1 aliphatic heterocycles. The molecule has 0 saturated heterocycles. The molecule has 0 atom stereocenters. The molecule has 2 aromatic rings. The normalized spacial score (nSPS) is 12.7. The third-order valence-electron chi connectivity index (χ3n) is 3.16. The number of aryl methyl sites for hydroxylation is 1. The molecule has 5 nitrogen and oxygen atoms in total. The summed E-state index contributed by atoms with van der Waals surface area (Å²) in [5.74, 6) is 0.440. The largest absolute Gasteiger partial charge is 0.497 e. The van der Waals surface area contributed by atoms with E-state index in [1.165, 1.54) is 0 Å². The van der Waals surface area contributed by atoms with Crippen LogP contribution in [0.25, 0.3) is 11.3 Å². The molecule has 6 heteroatoms. The van der Waals surface area contributed by atoms with E-state index >= 15 is 0 Å². The van der Waals surface area contributed by atoms with Gasteiger partial charge in [-0.15, -0.1) is 11.8 Å². The van der Waals surface area contributed by atoms with Gasteiger partial charge in [0.05, 0.1) is 12.8 Å². The van der Waals surface area contributed by atoms with E-state index in [0.717, 1.165) is 27.5 Å². The quantitative estimate of drug-likeness (QED) is 0.912. The number of carbonyl (C=O) groups is 1. The highest BCUT2D eigenvalue weighted by Crippen LogP contribution is 2.43. The fourth-order valence-corrected chi connectivity index (χ4v) is 3.40. The molecule has 0 radical (unpaired) electrons. The predicted octanol–water partition coefficient (Wildman–Crippen LogP) is 2.40. The van der Waals surface area contributed by atoms with Gasteiger partial charge in [0.2, 0.25) is 0 Å². The zero-order valence-corrected chi connectivity index (χ0v) is 11.3. The number of aromatic nitrogens is 2. The Morgan fingerprint density at radius 3 is 3.00 bits per heavy atom. The lowest BCUT2D eigenvalue weighted by Gasteiger charge is -2.17. The van der Waals surface area contributed by atoms with Gasteiger partial charge < -0.3 is 9.84 Å². The number of carboxylic acid groups (broad SMARTS) is 1. The van der Waals surface area contributed by atoms with Gasteiger partial charge in [0.15, 0.2) is 5.69 Å². The summed E-state index contributed by atoms with van der Waals surface area (Å²) < 4.78 is 6.85. The molecule has 19 heavy (non-hydrogen) atoms. The van der Waals surface area contributed by atoms with Crippen LogP contribution in [0.15, 0.2) is 23.1 Å². The van der Waals surface area contributed by atoms with Crippen LogP contribution in [0.2, 0.25) is 0 Å². The number of hydrogen-bond donors (Lipinski definition) is 1. The number of thioether (sulfide) groups is 1. The highest BCUT2D eigenvalue weighted by molar-refractivity contribution is 7.98. The molecular weight excluding hydrogens is 264 g/mol. The summed E-state index contributed by atoms with van der Waals surface area (Å²) in [6.07, 6.45) is 0. The maximum absolute atomic E-state index is 11.2. The summed E-state index contributed by atoms with van der Waals surface area (Å²) >= 11 is 1.61. The third kappa shape index (κ3) is 1.79. The molecule has 2 heterocycles. The van der Waals surface area contributed by atoms with E-state index in [2.05, 4.69) is 5.10 Å². The van der Waals surface area contributed by atoms with Crippen LogP contribution in [-0.4, -0.2) is 28.0 Å². The highest BCUT2D eigenvalue weighted by atomic mass is 32.2. The third-order valence-corrected chi connectivity index (χ3v) is 4.25. The van der Waals surface area contributed by atoms with E-state index in [0.29, 0.717) is 5.75 Å². The van der Waals surface area contributed by atoms with Crippen molar-refractivity contribution in [3.8, 4) is 17.0 Å². The summed E-state index contributed by atoms with van der Waals surface area (Å²) in [5.41, 5.74) is 2.83. The lowest BCUT2D eigenvalue weighted by molar-refractivity contribution is 0.0689. The average molecular weight is 276 g/mol. The van der Waals surface area contributed by atoms with Crippen LogP contribution in [0.4, 0.5) is 0 Å². The molecule has 0 aliphatic carbocycles. The van der Waals surface area contributed by atoms with Crippen molar-refractivity contribution >= 4 is 17.7 Å². The molecule has 0 saturated carbocycles. The minimum Gasteiger partial charge on any atom is -0.497 e. The second-order valence-corrected chi connectivity index (χ2v) is 5.27. The zero-order valence-electron chi connectivity index (χ0n) is 10.5. The van der Waals surface area contributed by atoms with E-state index in [1.807, 2.05) is 18.2 Å². The molecule has 1 N–H and O–H groups in total. The Bertz CT molecular complexity index is 679. The van der Waals surface area contributed by atoms with Gasteiger partial charge in [0.25, 0.3) is 0 Å². The molecular formula is C13H12N2O3S. The number of rotatable bonds is 2. The molecule has 0 amide bonds. The maximum Gasteiger partial charge on any atom is 0.356 e. The number of ether oxygens (including phenoxy) is 1. The van der Waals surface area contributed by atoms with Crippen molar-refractivity contribution in [3.63, 3.8) is 0 Å². The first-order valence-corrected chi connectivity index (χ1v) is 6.70. The first-order chi connectivity index (χ1) is 9.11. The summed E-state index contributed by atoms with van der Waals surface area (Å²) in [4.78, 5) is 12.3. The van der Waals surface area contributed by atoms with Crippen molar-refractivity contribution < 1.29 is 14.6 Å². The second-order valence-electron chi connectivity index (χ2n) is 4.26. The van der Waals surface area contributed by atoms with Gasteiger partial charge in [-0.2, -0.15) is 5.10 Å². The predicted molar refractivity (Wildman–Crippen MR) is 71.7 cm³/mol. The van der Waals surface area contributed by atoms with Gasteiger partial charge in [-0.25, -0.2) is 4.79 Å². The van der Waals surface area contributed by atoms with Gasteiger partial charge in [0, 0.05) is 28.8 Å². The number of benzene rings is 1. The van der Waals surface area contributed by atoms with Gasteiger partial charge in [-0.1, -0.05) is 0 Å². The van der Waals surface area contributed by atoms with Crippen molar-refractivity contribution in [1.82, 2.24) is 9.78 Å². The van der Waals surface area contributed by atoms with Gasteiger partial charge in [-0.05, 0) is 18.2 Å². The molecule has 0 spiro atoms. The van der Waals surface area contributed by atoms with Crippen molar-refractivity contribution in [2.24, 2.45) is 7.05 Å². The number of hydrogen-bond acceptors (Lipinski definition) is 4. The Balaban J connectivity index is 2.22. The Morgan fingerprint density at radius 2 is 2.32 bits per heavy atom. The van der Waals surface area contributed by atoms with E-state index in [-0.39, 0.29) is 5.69 Å². The van der Waals surface area contributed by atoms with Gasteiger partial charge in [-0.3, -0.25) is 4.68 Å². The molecule has 1 aromatic carbocycles. The van der Waals surface area contributed by atoms with E-state index in [4.69, 9.17) is 4.74 Å². The fourth-order valence-electron chi connectivity index (χ4n) is 2.31. The monoisotopic (exact) mass is 276 g/mol. The number of nitrogens with zero attached hydrogens (tertiary/aromatic N) is 2. The summed E-state index contributed by atoms with van der Waals surface area (Å²) in [6, 6.07) is 5.80. The SMILES string of the molecule is COc1ccc2c(c1)SCc1c(C(=O)O)nn(C)c1-2. The van der Waals surface area contributed by atoms with E-state index in [9.17, 15) is 9.90 Å². The fraction of sp³-hybridized carbons (Fsp3) is 0.231.